The Morgan fingerprint density at radius 3 is 2.33 bits per heavy atom. The second-order valence-corrected chi connectivity index (χ2v) is 2.93. The summed E-state index contributed by atoms with van der Waals surface area (Å²) < 4.78 is 0. The normalized spacial score (nSPS) is 8.80. The van der Waals surface area contributed by atoms with Crippen molar-refractivity contribution in [1.29, 1.82) is 0 Å². The van der Waals surface area contributed by atoms with Crippen molar-refractivity contribution in [2.75, 3.05) is 0 Å². The molecule has 3 nitrogen and oxygen atoms in total. The summed E-state index contributed by atoms with van der Waals surface area (Å²) in [4.78, 5) is 15.6. The van der Waals surface area contributed by atoms with Gasteiger partial charge in [0.15, 0.2) is 6.29 Å². The number of hydrogen-bond donors (Lipinski definition) is 2. The molecule has 2 aromatic rings. The molecule has 0 aliphatic heterocycles. The van der Waals surface area contributed by atoms with Crippen molar-refractivity contribution >= 4 is 6.29 Å². The highest BCUT2D eigenvalue weighted by Gasteiger charge is 1.83. The topological polar surface area (TPSA) is 48.6 Å². The Kier molecular flexibility index (Phi) is 4.73. The van der Waals surface area contributed by atoms with Crippen molar-refractivity contribution in [1.82, 2.24) is 9.97 Å². The molecule has 0 aromatic carbocycles. The molecule has 2 rings (SSSR count). The van der Waals surface area contributed by atoms with E-state index in [0.29, 0.717) is 5.69 Å². The Morgan fingerprint density at radius 2 is 1.93 bits per heavy atom. The minimum Gasteiger partial charge on any atom is -0.365 e. The van der Waals surface area contributed by atoms with E-state index in [1.54, 1.807) is 18.3 Å². The van der Waals surface area contributed by atoms with Gasteiger partial charge in [-0.05, 0) is 24.3 Å². The van der Waals surface area contributed by atoms with E-state index in [9.17, 15) is 4.79 Å². The van der Waals surface area contributed by atoms with Gasteiger partial charge in [0.2, 0.25) is 0 Å². The van der Waals surface area contributed by atoms with Crippen molar-refractivity contribution in [2.24, 2.45) is 0 Å². The third-order valence-electron chi connectivity index (χ3n) is 1.78. The average molecular weight is 202 g/mol. The molecule has 2 N–H and O–H groups in total. The van der Waals surface area contributed by atoms with Gasteiger partial charge in [-0.25, -0.2) is 0 Å². The molecule has 0 radical (unpaired) electrons. The van der Waals surface area contributed by atoms with E-state index in [-0.39, 0.29) is 0 Å². The number of aldehydes is 1. The fourth-order valence-electron chi connectivity index (χ4n) is 1.07. The molecule has 0 saturated carbocycles. The summed E-state index contributed by atoms with van der Waals surface area (Å²) >= 11 is 0. The quantitative estimate of drug-likeness (QED) is 0.583. The van der Waals surface area contributed by atoms with Crippen molar-refractivity contribution in [3.8, 4) is 0 Å². The number of hydrogen-bond acceptors (Lipinski definition) is 1. The van der Waals surface area contributed by atoms with Crippen molar-refractivity contribution in [2.45, 2.75) is 6.42 Å². The summed E-state index contributed by atoms with van der Waals surface area (Å²) in [5.41, 5.74) is 1.85. The molecule has 0 atom stereocenters. The van der Waals surface area contributed by atoms with Gasteiger partial charge in [-0.15, -0.1) is 6.58 Å². The highest BCUT2D eigenvalue weighted by Crippen LogP contribution is 1.94. The van der Waals surface area contributed by atoms with Gasteiger partial charge in [0.05, 0.1) is 5.69 Å². The minimum absolute atomic E-state index is 0.625. The maximum atomic E-state index is 9.84. The highest BCUT2D eigenvalue weighted by molar-refractivity contribution is 5.71. The number of rotatable bonds is 3. The molecule has 0 aliphatic carbocycles. The number of allylic oxidation sites excluding steroid dienone is 1. The molecule has 78 valence electrons. The van der Waals surface area contributed by atoms with Gasteiger partial charge in [-0.3, -0.25) is 4.79 Å². The van der Waals surface area contributed by atoms with E-state index in [4.69, 9.17) is 0 Å². The zero-order valence-corrected chi connectivity index (χ0v) is 8.44. The van der Waals surface area contributed by atoms with Gasteiger partial charge in [0.25, 0.3) is 0 Å². The summed E-state index contributed by atoms with van der Waals surface area (Å²) in [5.74, 6) is 0. The number of H-pyrrole nitrogens is 2. The van der Waals surface area contributed by atoms with E-state index in [1.165, 1.54) is 5.69 Å². The van der Waals surface area contributed by atoms with Crippen LogP contribution in [0.1, 0.15) is 16.2 Å². The van der Waals surface area contributed by atoms with Crippen molar-refractivity contribution in [3.63, 3.8) is 0 Å². The number of carbonyl (C=O) groups is 1. The maximum absolute atomic E-state index is 9.84. The van der Waals surface area contributed by atoms with Gasteiger partial charge in [0, 0.05) is 24.5 Å². The molecule has 15 heavy (non-hydrogen) atoms. The Balaban J connectivity index is 0.000000151. The summed E-state index contributed by atoms with van der Waals surface area (Å²) in [6.45, 7) is 3.62. The lowest BCUT2D eigenvalue weighted by molar-refractivity contribution is 0.111. The molecule has 0 bridgehead atoms. The molecule has 2 aromatic heterocycles. The minimum atomic E-state index is 0.625. The first kappa shape index (κ1) is 11.0. The van der Waals surface area contributed by atoms with Crippen LogP contribution in [0.5, 0.6) is 0 Å². The first-order valence-corrected chi connectivity index (χ1v) is 4.68. The van der Waals surface area contributed by atoms with Gasteiger partial charge < -0.3 is 9.97 Å². The monoisotopic (exact) mass is 202 g/mol. The van der Waals surface area contributed by atoms with Crippen LogP contribution in [-0.4, -0.2) is 16.3 Å². The van der Waals surface area contributed by atoms with E-state index in [0.717, 1.165) is 12.7 Å². The maximum Gasteiger partial charge on any atom is 0.166 e. The van der Waals surface area contributed by atoms with Crippen LogP contribution in [0.2, 0.25) is 0 Å². The third kappa shape index (κ3) is 4.13. The van der Waals surface area contributed by atoms with Gasteiger partial charge >= 0.3 is 0 Å². The Morgan fingerprint density at radius 1 is 1.20 bits per heavy atom. The highest BCUT2D eigenvalue weighted by atomic mass is 16.1. The summed E-state index contributed by atoms with van der Waals surface area (Å²) in [6.07, 6.45) is 7.22. The standard InChI is InChI=1S/C7H9N.C5H5NO/c1-2-4-7-5-3-6-8-7;7-4-5-2-1-3-6-5/h2-3,5-6,8H,1,4H2;1-4,6H. The number of carbonyl (C=O) groups excluding carboxylic acids is 1. The van der Waals surface area contributed by atoms with Gasteiger partial charge in [-0.1, -0.05) is 6.08 Å². The molecule has 0 amide bonds. The summed E-state index contributed by atoms with van der Waals surface area (Å²) in [5, 5.41) is 0. The summed E-state index contributed by atoms with van der Waals surface area (Å²) in [7, 11) is 0. The van der Waals surface area contributed by atoms with Crippen LogP contribution < -0.4 is 0 Å². The zero-order valence-electron chi connectivity index (χ0n) is 8.44. The Bertz CT molecular complexity index is 374. The Hall–Kier alpha value is -2.03. The number of nitrogens with one attached hydrogen (secondary N) is 2. The van der Waals surface area contributed by atoms with Crippen LogP contribution in [0, 0.1) is 0 Å². The van der Waals surface area contributed by atoms with E-state index in [2.05, 4.69) is 16.5 Å². The first-order chi connectivity index (χ1) is 7.36. The largest absolute Gasteiger partial charge is 0.365 e. The molecular formula is C12H14N2O. The van der Waals surface area contributed by atoms with E-state index in [1.807, 2.05) is 24.4 Å². The third-order valence-corrected chi connectivity index (χ3v) is 1.78. The average Bonchev–Trinajstić information content (AvgIpc) is 2.91. The lowest BCUT2D eigenvalue weighted by Gasteiger charge is -1.83. The molecule has 3 heteroatoms. The SMILES string of the molecule is C=CCc1ccc[nH]1.O=Cc1ccc[nH]1. The number of aromatic nitrogens is 2. The second kappa shape index (κ2) is 6.43. The van der Waals surface area contributed by atoms with E-state index < -0.39 is 0 Å². The smallest absolute Gasteiger partial charge is 0.166 e. The van der Waals surface area contributed by atoms with Crippen LogP contribution in [-0.2, 0) is 6.42 Å². The van der Waals surface area contributed by atoms with Crippen LogP contribution in [0.25, 0.3) is 0 Å². The second-order valence-electron chi connectivity index (χ2n) is 2.93. The van der Waals surface area contributed by atoms with Crippen LogP contribution in [0.15, 0.2) is 49.3 Å². The molecule has 0 unspecified atom stereocenters. The molecular weight excluding hydrogens is 188 g/mol. The molecule has 2 heterocycles. The first-order valence-electron chi connectivity index (χ1n) is 4.68. The fraction of sp³-hybridized carbons (Fsp3) is 0.0833. The van der Waals surface area contributed by atoms with Crippen molar-refractivity contribution in [3.05, 3.63) is 60.7 Å². The molecule has 0 fully saturated rings. The lowest BCUT2D eigenvalue weighted by atomic mass is 10.3. The van der Waals surface area contributed by atoms with Crippen molar-refractivity contribution < 1.29 is 4.79 Å². The molecule has 0 aliphatic rings. The molecule has 0 spiro atoms. The van der Waals surface area contributed by atoms with Crippen LogP contribution >= 0.6 is 0 Å². The van der Waals surface area contributed by atoms with Crippen LogP contribution in [0.3, 0.4) is 0 Å². The lowest BCUT2D eigenvalue weighted by Crippen LogP contribution is -1.75. The predicted molar refractivity (Wildman–Crippen MR) is 60.9 cm³/mol. The number of aromatic amines is 2. The van der Waals surface area contributed by atoms with Gasteiger partial charge in [0.1, 0.15) is 0 Å². The van der Waals surface area contributed by atoms with Gasteiger partial charge in [-0.2, -0.15) is 0 Å². The zero-order chi connectivity index (χ0) is 10.9. The molecule has 0 saturated heterocycles. The predicted octanol–water partition coefficient (Wildman–Crippen LogP) is 2.57. The summed E-state index contributed by atoms with van der Waals surface area (Å²) in [6, 6.07) is 7.53. The Labute approximate surface area is 88.8 Å². The van der Waals surface area contributed by atoms with E-state index >= 15 is 0 Å². The fourth-order valence-corrected chi connectivity index (χ4v) is 1.07. The van der Waals surface area contributed by atoms with Crippen LogP contribution in [0.4, 0.5) is 0 Å².